The molecule has 4 nitrogen and oxygen atoms in total. The van der Waals surface area contributed by atoms with Gasteiger partial charge in [-0.15, -0.1) is 11.5 Å². The first-order valence-corrected chi connectivity index (χ1v) is 24.3. The summed E-state index contributed by atoms with van der Waals surface area (Å²) in [5, 5.41) is 0.870. The topological polar surface area (TPSA) is 36.9 Å². The van der Waals surface area contributed by atoms with Crippen molar-refractivity contribution in [3.05, 3.63) is 41.4 Å². The van der Waals surface area contributed by atoms with Crippen LogP contribution in [0, 0.1) is 17.4 Å². The molecule has 0 aliphatic carbocycles. The second-order valence-electron chi connectivity index (χ2n) is 15.2. The van der Waals surface area contributed by atoms with Crippen LogP contribution in [0.2, 0.25) is 60.9 Å². The molecule has 2 rings (SSSR count). The summed E-state index contributed by atoms with van der Waals surface area (Å²) in [4.78, 5) is 0. The molecule has 4 atom stereocenters. The van der Waals surface area contributed by atoms with Gasteiger partial charge in [-0.3, -0.25) is 0 Å². The molecule has 8 heteroatoms. The fourth-order valence-electron chi connectivity index (χ4n) is 3.87. The highest BCUT2D eigenvalue weighted by molar-refractivity contribution is 6.83. The molecule has 1 aromatic rings. The van der Waals surface area contributed by atoms with Gasteiger partial charge >= 0.3 is 0 Å². The van der Waals surface area contributed by atoms with Crippen LogP contribution in [-0.4, -0.2) is 56.2 Å². The highest BCUT2D eigenvalue weighted by atomic mass is 35.5. The molecule has 0 amide bonds. The van der Waals surface area contributed by atoms with Crippen LogP contribution in [0.25, 0.3) is 0 Å². The summed E-state index contributed by atoms with van der Waals surface area (Å²) in [6.45, 7) is 30.7. The van der Waals surface area contributed by atoms with E-state index in [0.29, 0.717) is 18.2 Å². The van der Waals surface area contributed by atoms with E-state index in [4.69, 9.17) is 29.9 Å². The molecule has 0 saturated carbocycles. The Balaban J connectivity index is 2.32. The minimum atomic E-state index is -2.05. The van der Waals surface area contributed by atoms with E-state index in [1.54, 1.807) is 0 Å². The molecule has 1 aliphatic heterocycles. The van der Waals surface area contributed by atoms with Gasteiger partial charge in [0.05, 0.1) is 24.9 Å². The van der Waals surface area contributed by atoms with E-state index >= 15 is 0 Å². The number of rotatable bonds is 10. The normalized spacial score (nSPS) is 21.8. The summed E-state index contributed by atoms with van der Waals surface area (Å²) in [7, 11) is -5.49. The van der Waals surface area contributed by atoms with Crippen molar-refractivity contribution in [3.8, 4) is 17.2 Å². The van der Waals surface area contributed by atoms with E-state index in [2.05, 4.69) is 111 Å². The minimum absolute atomic E-state index is 0.0361. The number of halogens is 1. The van der Waals surface area contributed by atoms with Gasteiger partial charge in [0.1, 0.15) is 20.4 Å². The number of hydrogen-bond donors (Lipinski definition) is 0. The Bertz CT molecular complexity index is 1050. The van der Waals surface area contributed by atoms with Gasteiger partial charge in [0.2, 0.25) is 0 Å². The third-order valence-corrected chi connectivity index (χ3v) is 18.6. The lowest BCUT2D eigenvalue weighted by Crippen LogP contribution is -2.46. The van der Waals surface area contributed by atoms with Crippen LogP contribution in [0.1, 0.15) is 48.0 Å². The average Bonchev–Trinajstić information content (AvgIpc) is 3.14. The molecule has 0 aromatic heterocycles. The summed E-state index contributed by atoms with van der Waals surface area (Å²) in [6, 6.07) is 7.51. The van der Waals surface area contributed by atoms with Gasteiger partial charge in [-0.1, -0.05) is 91.0 Å². The molecule has 1 saturated heterocycles. The van der Waals surface area contributed by atoms with Crippen molar-refractivity contribution >= 4 is 36.3 Å². The molecule has 0 spiro atoms. The monoisotopic (exact) mass is 622 g/mol. The van der Waals surface area contributed by atoms with Crippen molar-refractivity contribution in [1.29, 1.82) is 0 Å². The molecule has 1 heterocycles. The van der Waals surface area contributed by atoms with Gasteiger partial charge in [0, 0.05) is 17.4 Å². The second-order valence-corrected chi connectivity index (χ2v) is 29.9. The summed E-state index contributed by atoms with van der Waals surface area (Å²) < 4.78 is 26.3. The van der Waals surface area contributed by atoms with E-state index in [0.717, 1.165) is 12.2 Å². The van der Waals surface area contributed by atoms with Crippen molar-refractivity contribution in [1.82, 2.24) is 0 Å². The SMILES string of the molecule is CC(C)(C)[Si](C)(C)OC(C=CC1OCC(O[Si](C)(C)C(C)(C)C)C1CC#C[Si](C)(C)C)COc1cccc(Cl)c1. The first-order chi connectivity index (χ1) is 18.1. The lowest BCUT2D eigenvalue weighted by atomic mass is 9.95. The van der Waals surface area contributed by atoms with Crippen LogP contribution < -0.4 is 4.74 Å². The van der Waals surface area contributed by atoms with Crippen molar-refractivity contribution < 1.29 is 18.3 Å². The zero-order valence-electron chi connectivity index (χ0n) is 27.4. The third-order valence-electron chi connectivity index (χ3n) is 8.38. The van der Waals surface area contributed by atoms with E-state index in [1.165, 1.54) is 0 Å². The molecule has 0 N–H and O–H groups in total. The van der Waals surface area contributed by atoms with Crippen LogP contribution >= 0.6 is 11.6 Å². The van der Waals surface area contributed by atoms with Crippen LogP contribution in [0.4, 0.5) is 0 Å². The molecule has 0 bridgehead atoms. The molecular formula is C32H55ClO4Si3. The van der Waals surface area contributed by atoms with Crippen molar-refractivity contribution in [2.24, 2.45) is 5.92 Å². The van der Waals surface area contributed by atoms with Crippen LogP contribution in [0.15, 0.2) is 36.4 Å². The van der Waals surface area contributed by atoms with Gasteiger partial charge in [-0.2, -0.15) is 0 Å². The Morgan fingerprint density at radius 2 is 1.62 bits per heavy atom. The van der Waals surface area contributed by atoms with Gasteiger partial charge < -0.3 is 18.3 Å². The average molecular weight is 623 g/mol. The zero-order valence-corrected chi connectivity index (χ0v) is 31.2. The summed E-state index contributed by atoms with van der Waals surface area (Å²) in [5.74, 6) is 4.44. The van der Waals surface area contributed by atoms with E-state index in [9.17, 15) is 0 Å². The Morgan fingerprint density at radius 1 is 1.00 bits per heavy atom. The largest absolute Gasteiger partial charge is 0.491 e. The van der Waals surface area contributed by atoms with E-state index in [1.807, 2.05) is 24.3 Å². The second kappa shape index (κ2) is 13.6. The van der Waals surface area contributed by atoms with Crippen molar-refractivity contribution in [3.63, 3.8) is 0 Å². The minimum Gasteiger partial charge on any atom is -0.491 e. The third kappa shape index (κ3) is 10.8. The lowest BCUT2D eigenvalue weighted by Gasteiger charge is -2.39. The number of benzene rings is 1. The highest BCUT2D eigenvalue weighted by Gasteiger charge is 2.45. The standard InChI is InChI=1S/C32H55ClO4Si3/c1-31(2,3)39(10,11)36-27(23-34-26-17-14-16-25(33)22-26)19-20-29-28(18-15-21-38(7,8)9)30(24-35-29)37-40(12,13)32(4,5)6/h14,16-17,19-20,22,27-30H,18,23-24H2,1-13H3. The fraction of sp³-hybridized carbons (Fsp3) is 0.688. The Morgan fingerprint density at radius 3 is 2.17 bits per heavy atom. The van der Waals surface area contributed by atoms with Crippen LogP contribution in [-0.2, 0) is 13.6 Å². The first-order valence-electron chi connectivity index (χ1n) is 14.7. The molecule has 1 fully saturated rings. The van der Waals surface area contributed by atoms with Gasteiger partial charge in [0.25, 0.3) is 0 Å². The number of ether oxygens (including phenoxy) is 2. The molecular weight excluding hydrogens is 568 g/mol. The van der Waals surface area contributed by atoms with Gasteiger partial charge in [0.15, 0.2) is 16.6 Å². The Kier molecular flexibility index (Phi) is 12.0. The molecule has 1 aliphatic rings. The molecule has 40 heavy (non-hydrogen) atoms. The summed E-state index contributed by atoms with van der Waals surface area (Å²) in [6.07, 6.45) is 4.83. The van der Waals surface area contributed by atoms with Gasteiger partial charge in [-0.25, -0.2) is 0 Å². The van der Waals surface area contributed by atoms with Crippen molar-refractivity contribution in [2.45, 2.75) is 122 Å². The molecule has 4 unspecified atom stereocenters. The molecule has 226 valence electrons. The predicted octanol–water partition coefficient (Wildman–Crippen LogP) is 9.34. The van der Waals surface area contributed by atoms with E-state index in [-0.39, 0.29) is 34.3 Å². The van der Waals surface area contributed by atoms with E-state index < -0.39 is 24.7 Å². The van der Waals surface area contributed by atoms with Crippen molar-refractivity contribution in [2.75, 3.05) is 13.2 Å². The maximum absolute atomic E-state index is 6.90. The number of hydrogen-bond acceptors (Lipinski definition) is 4. The Hall–Kier alpha value is -0.859. The zero-order chi connectivity index (χ0) is 30.6. The molecule has 1 aromatic carbocycles. The first kappa shape index (κ1) is 35.3. The summed E-state index contributed by atoms with van der Waals surface area (Å²) in [5.41, 5.74) is 3.55. The molecule has 0 radical (unpaired) electrons. The predicted molar refractivity (Wildman–Crippen MR) is 179 cm³/mol. The van der Waals surface area contributed by atoms with Crippen LogP contribution in [0.5, 0.6) is 5.75 Å². The van der Waals surface area contributed by atoms with Gasteiger partial charge in [-0.05, 0) is 54.5 Å². The quantitative estimate of drug-likeness (QED) is 0.148. The maximum Gasteiger partial charge on any atom is 0.193 e. The lowest BCUT2D eigenvalue weighted by molar-refractivity contribution is 0.109. The highest BCUT2D eigenvalue weighted by Crippen LogP contribution is 2.41. The Labute approximate surface area is 253 Å². The smallest absolute Gasteiger partial charge is 0.193 e. The van der Waals surface area contributed by atoms with Crippen LogP contribution in [0.3, 0.4) is 0 Å². The fourth-order valence-corrected chi connectivity index (χ4v) is 7.30. The summed E-state index contributed by atoms with van der Waals surface area (Å²) >= 11 is 6.19. The maximum atomic E-state index is 6.90.